The lowest BCUT2D eigenvalue weighted by molar-refractivity contribution is 0.135. The van der Waals surface area contributed by atoms with Crippen LogP contribution in [0.3, 0.4) is 0 Å². The molecule has 14 heavy (non-hydrogen) atoms. The van der Waals surface area contributed by atoms with Crippen molar-refractivity contribution in [1.82, 2.24) is 15.1 Å². The fraction of sp³-hybridized carbons (Fsp3) is 0.700. The van der Waals surface area contributed by atoms with Crippen molar-refractivity contribution in [2.24, 2.45) is 7.05 Å². The summed E-state index contributed by atoms with van der Waals surface area (Å²) in [5.41, 5.74) is 0.966. The van der Waals surface area contributed by atoms with Gasteiger partial charge in [-0.3, -0.25) is 4.68 Å². The van der Waals surface area contributed by atoms with Crippen molar-refractivity contribution >= 4 is 0 Å². The van der Waals surface area contributed by atoms with Crippen LogP contribution in [-0.2, 0) is 13.5 Å². The van der Waals surface area contributed by atoms with E-state index in [-0.39, 0.29) is 12.1 Å². The first-order chi connectivity index (χ1) is 6.75. The summed E-state index contributed by atoms with van der Waals surface area (Å²) in [5.74, 6) is 0. The van der Waals surface area contributed by atoms with Gasteiger partial charge in [0.05, 0.1) is 11.8 Å². The molecule has 2 N–H and O–H groups in total. The largest absolute Gasteiger partial charge is 0.391 e. The van der Waals surface area contributed by atoms with E-state index < -0.39 is 0 Å². The van der Waals surface area contributed by atoms with Crippen LogP contribution in [0.25, 0.3) is 0 Å². The van der Waals surface area contributed by atoms with Gasteiger partial charge in [0.1, 0.15) is 0 Å². The number of aliphatic hydroxyl groups excluding tert-OH is 1. The highest BCUT2D eigenvalue weighted by Crippen LogP contribution is 2.12. The van der Waals surface area contributed by atoms with E-state index in [0.29, 0.717) is 6.42 Å². The molecule has 1 fully saturated rings. The maximum absolute atomic E-state index is 9.90. The molecule has 1 aliphatic rings. The quantitative estimate of drug-likeness (QED) is 0.718. The van der Waals surface area contributed by atoms with Crippen molar-refractivity contribution in [2.75, 3.05) is 6.54 Å². The third-order valence-electron chi connectivity index (χ3n) is 2.75. The van der Waals surface area contributed by atoms with Gasteiger partial charge >= 0.3 is 0 Å². The van der Waals surface area contributed by atoms with E-state index in [0.717, 1.165) is 18.7 Å². The van der Waals surface area contributed by atoms with Gasteiger partial charge in [-0.25, -0.2) is 0 Å². The molecule has 0 aromatic carbocycles. The molecule has 0 aliphatic carbocycles. The highest BCUT2D eigenvalue weighted by molar-refractivity contribution is 5.02. The fourth-order valence-electron chi connectivity index (χ4n) is 1.97. The molecular formula is C10H17N3O. The Hall–Kier alpha value is -0.870. The average Bonchev–Trinajstić information content (AvgIpc) is 2.75. The zero-order chi connectivity index (χ0) is 9.97. The Bertz CT molecular complexity index is 291. The summed E-state index contributed by atoms with van der Waals surface area (Å²) in [4.78, 5) is 0. The van der Waals surface area contributed by atoms with Gasteiger partial charge in [-0.05, 0) is 25.5 Å². The first-order valence-electron chi connectivity index (χ1n) is 5.15. The maximum Gasteiger partial charge on any atom is 0.0749 e. The molecule has 1 unspecified atom stereocenters. The van der Waals surface area contributed by atoms with Crippen LogP contribution in [0.4, 0.5) is 0 Å². The van der Waals surface area contributed by atoms with Crippen molar-refractivity contribution in [2.45, 2.75) is 31.4 Å². The van der Waals surface area contributed by atoms with E-state index in [1.165, 1.54) is 6.42 Å². The molecular weight excluding hydrogens is 178 g/mol. The number of nitrogens with zero attached hydrogens (tertiary/aromatic N) is 2. The van der Waals surface area contributed by atoms with Gasteiger partial charge in [0, 0.05) is 25.7 Å². The van der Waals surface area contributed by atoms with Gasteiger partial charge in [0.25, 0.3) is 0 Å². The fourth-order valence-corrected chi connectivity index (χ4v) is 1.97. The Kier molecular flexibility index (Phi) is 2.84. The van der Waals surface area contributed by atoms with E-state index in [2.05, 4.69) is 10.4 Å². The molecule has 78 valence electrons. The Balaban J connectivity index is 1.90. The van der Waals surface area contributed by atoms with Crippen molar-refractivity contribution < 1.29 is 5.11 Å². The number of rotatable bonds is 3. The summed E-state index contributed by atoms with van der Waals surface area (Å²) in [7, 11) is 1.89. The lowest BCUT2D eigenvalue weighted by Gasteiger charge is -2.16. The monoisotopic (exact) mass is 195 g/mol. The number of nitrogens with one attached hydrogen (secondary N) is 1. The Morgan fingerprint density at radius 3 is 3.21 bits per heavy atom. The predicted octanol–water partition coefficient (Wildman–Crippen LogP) is 0.0755. The molecule has 4 nitrogen and oxygen atoms in total. The molecule has 1 aromatic heterocycles. The predicted molar refractivity (Wildman–Crippen MR) is 53.9 cm³/mol. The molecule has 0 bridgehead atoms. The smallest absolute Gasteiger partial charge is 0.0749 e. The SMILES string of the molecule is Cn1ccc(CC(O)[C@H]2CCCN2)n1. The Labute approximate surface area is 83.9 Å². The minimum atomic E-state index is -0.299. The lowest BCUT2D eigenvalue weighted by atomic mass is 10.0. The standard InChI is InChI=1S/C10H17N3O/c1-13-6-4-8(12-13)7-10(14)9-3-2-5-11-9/h4,6,9-11,14H,2-3,5,7H2,1H3/t9-,10?/m1/s1. The molecule has 1 saturated heterocycles. The van der Waals surface area contributed by atoms with Crippen LogP contribution in [0, 0.1) is 0 Å². The first-order valence-corrected chi connectivity index (χ1v) is 5.15. The Morgan fingerprint density at radius 1 is 1.79 bits per heavy atom. The molecule has 2 atom stereocenters. The summed E-state index contributed by atoms with van der Waals surface area (Å²) in [5, 5.41) is 17.4. The molecule has 4 heteroatoms. The number of hydrogen-bond acceptors (Lipinski definition) is 3. The summed E-state index contributed by atoms with van der Waals surface area (Å²) in [6, 6.07) is 2.22. The first kappa shape index (κ1) is 9.68. The van der Waals surface area contributed by atoms with Gasteiger partial charge in [0.15, 0.2) is 0 Å². The molecule has 0 amide bonds. The topological polar surface area (TPSA) is 50.1 Å². The average molecular weight is 195 g/mol. The van der Waals surface area contributed by atoms with Gasteiger partial charge in [-0.2, -0.15) is 5.10 Å². The van der Waals surface area contributed by atoms with Crippen LogP contribution in [-0.4, -0.2) is 33.6 Å². The lowest BCUT2D eigenvalue weighted by Crippen LogP contribution is -2.36. The molecule has 2 heterocycles. The highest BCUT2D eigenvalue weighted by atomic mass is 16.3. The summed E-state index contributed by atoms with van der Waals surface area (Å²) < 4.78 is 1.77. The number of aryl methyl sites for hydroxylation is 1. The molecule has 0 spiro atoms. The number of aromatic nitrogens is 2. The van der Waals surface area contributed by atoms with E-state index in [1.54, 1.807) is 4.68 Å². The van der Waals surface area contributed by atoms with Crippen molar-refractivity contribution in [3.05, 3.63) is 18.0 Å². The zero-order valence-electron chi connectivity index (χ0n) is 8.48. The maximum atomic E-state index is 9.90. The second-order valence-corrected chi connectivity index (χ2v) is 3.96. The number of hydrogen-bond donors (Lipinski definition) is 2. The third-order valence-corrected chi connectivity index (χ3v) is 2.75. The second kappa shape index (κ2) is 4.11. The highest BCUT2D eigenvalue weighted by Gasteiger charge is 2.23. The van der Waals surface area contributed by atoms with Crippen molar-refractivity contribution in [1.29, 1.82) is 0 Å². The van der Waals surface area contributed by atoms with E-state index >= 15 is 0 Å². The van der Waals surface area contributed by atoms with Crippen LogP contribution in [0.5, 0.6) is 0 Å². The van der Waals surface area contributed by atoms with Crippen LogP contribution >= 0.6 is 0 Å². The summed E-state index contributed by atoms with van der Waals surface area (Å²) >= 11 is 0. The van der Waals surface area contributed by atoms with Gasteiger partial charge < -0.3 is 10.4 Å². The van der Waals surface area contributed by atoms with Crippen LogP contribution < -0.4 is 5.32 Å². The van der Waals surface area contributed by atoms with Crippen LogP contribution in [0.1, 0.15) is 18.5 Å². The van der Waals surface area contributed by atoms with Crippen LogP contribution in [0.15, 0.2) is 12.3 Å². The van der Waals surface area contributed by atoms with Crippen molar-refractivity contribution in [3.8, 4) is 0 Å². The third kappa shape index (κ3) is 2.13. The summed E-state index contributed by atoms with van der Waals surface area (Å²) in [6.45, 7) is 1.03. The molecule has 0 radical (unpaired) electrons. The second-order valence-electron chi connectivity index (χ2n) is 3.96. The van der Waals surface area contributed by atoms with Gasteiger partial charge in [-0.15, -0.1) is 0 Å². The zero-order valence-corrected chi connectivity index (χ0v) is 8.48. The van der Waals surface area contributed by atoms with Crippen molar-refractivity contribution in [3.63, 3.8) is 0 Å². The van der Waals surface area contributed by atoms with E-state index in [1.807, 2.05) is 19.3 Å². The normalized spacial score (nSPS) is 24.0. The molecule has 2 rings (SSSR count). The molecule has 0 saturated carbocycles. The van der Waals surface area contributed by atoms with Crippen LogP contribution in [0.2, 0.25) is 0 Å². The molecule has 1 aromatic rings. The molecule has 1 aliphatic heterocycles. The number of aliphatic hydroxyl groups is 1. The minimum Gasteiger partial charge on any atom is -0.391 e. The Morgan fingerprint density at radius 2 is 2.64 bits per heavy atom. The van der Waals surface area contributed by atoms with Gasteiger partial charge in [0.2, 0.25) is 0 Å². The minimum absolute atomic E-state index is 0.261. The van der Waals surface area contributed by atoms with E-state index in [9.17, 15) is 5.11 Å². The summed E-state index contributed by atoms with van der Waals surface area (Å²) in [6.07, 6.45) is 4.51. The van der Waals surface area contributed by atoms with Gasteiger partial charge in [-0.1, -0.05) is 0 Å². The van der Waals surface area contributed by atoms with E-state index in [4.69, 9.17) is 0 Å².